The fourth-order valence-corrected chi connectivity index (χ4v) is 3.28. The summed E-state index contributed by atoms with van der Waals surface area (Å²) in [6, 6.07) is 11.1. The summed E-state index contributed by atoms with van der Waals surface area (Å²) in [6.45, 7) is 0.637. The van der Waals surface area contributed by atoms with E-state index in [2.05, 4.69) is 5.32 Å². The molecule has 8 nitrogen and oxygen atoms in total. The van der Waals surface area contributed by atoms with E-state index in [4.69, 9.17) is 9.47 Å². The number of non-ortho nitro benzene ring substituents is 1. The van der Waals surface area contributed by atoms with Crippen molar-refractivity contribution in [3.05, 3.63) is 58.1 Å². The zero-order valence-electron chi connectivity index (χ0n) is 15.2. The molecule has 2 aromatic rings. The highest BCUT2D eigenvalue weighted by atomic mass is 16.6. The van der Waals surface area contributed by atoms with Gasteiger partial charge in [0, 0.05) is 24.4 Å². The van der Waals surface area contributed by atoms with Crippen LogP contribution in [0.1, 0.15) is 24.4 Å². The topological polar surface area (TPSA) is 93.9 Å². The van der Waals surface area contributed by atoms with Crippen LogP contribution in [-0.4, -0.2) is 36.6 Å². The number of nitro benzene ring substituents is 1. The Morgan fingerprint density at radius 3 is 2.48 bits per heavy atom. The van der Waals surface area contributed by atoms with E-state index in [0.717, 1.165) is 18.4 Å². The van der Waals surface area contributed by atoms with E-state index in [1.165, 1.54) is 24.3 Å². The van der Waals surface area contributed by atoms with Gasteiger partial charge in [-0.25, -0.2) is 4.79 Å². The van der Waals surface area contributed by atoms with E-state index >= 15 is 0 Å². The molecular weight excluding hydrogens is 350 g/mol. The number of amides is 2. The molecule has 2 amide bonds. The van der Waals surface area contributed by atoms with E-state index < -0.39 is 4.92 Å². The lowest BCUT2D eigenvalue weighted by Gasteiger charge is -2.26. The molecule has 0 bridgehead atoms. The lowest BCUT2D eigenvalue weighted by atomic mass is 10.0. The SMILES string of the molecule is COc1ccc(C2CCCN2C(=O)Nc2ccc([N+](=O)[O-])cc2)cc1OC. The van der Waals surface area contributed by atoms with Gasteiger partial charge >= 0.3 is 6.03 Å². The Morgan fingerprint density at radius 2 is 1.85 bits per heavy atom. The van der Waals surface area contributed by atoms with Gasteiger partial charge < -0.3 is 19.7 Å². The lowest BCUT2D eigenvalue weighted by Crippen LogP contribution is -2.34. The van der Waals surface area contributed by atoms with Gasteiger partial charge in [0.05, 0.1) is 25.2 Å². The molecule has 0 spiro atoms. The second-order valence-corrected chi connectivity index (χ2v) is 6.20. The Balaban J connectivity index is 1.75. The predicted molar refractivity (Wildman–Crippen MR) is 100 cm³/mol. The van der Waals surface area contributed by atoms with Crippen LogP contribution in [0.2, 0.25) is 0 Å². The summed E-state index contributed by atoms with van der Waals surface area (Å²) >= 11 is 0. The number of hydrogen-bond acceptors (Lipinski definition) is 5. The summed E-state index contributed by atoms with van der Waals surface area (Å²) in [5.41, 5.74) is 1.48. The van der Waals surface area contributed by atoms with Crippen LogP contribution in [0.25, 0.3) is 0 Å². The first-order valence-electron chi connectivity index (χ1n) is 8.57. The smallest absolute Gasteiger partial charge is 0.322 e. The van der Waals surface area contributed by atoms with E-state index in [1.807, 2.05) is 18.2 Å². The third-order valence-corrected chi connectivity index (χ3v) is 4.64. The maximum absolute atomic E-state index is 12.7. The molecule has 1 aliphatic heterocycles. The summed E-state index contributed by atoms with van der Waals surface area (Å²) in [5.74, 6) is 1.26. The van der Waals surface area contributed by atoms with Gasteiger partial charge in [0.15, 0.2) is 11.5 Å². The molecule has 3 rings (SSSR count). The van der Waals surface area contributed by atoms with Crippen LogP contribution < -0.4 is 14.8 Å². The molecule has 8 heteroatoms. The van der Waals surface area contributed by atoms with Crippen molar-refractivity contribution in [2.45, 2.75) is 18.9 Å². The number of likely N-dealkylation sites (tertiary alicyclic amines) is 1. The highest BCUT2D eigenvalue weighted by molar-refractivity contribution is 5.90. The van der Waals surface area contributed by atoms with Crippen LogP contribution in [0.3, 0.4) is 0 Å². The van der Waals surface area contributed by atoms with Gasteiger partial charge in [-0.15, -0.1) is 0 Å². The van der Waals surface area contributed by atoms with Gasteiger partial charge in [-0.05, 0) is 42.7 Å². The van der Waals surface area contributed by atoms with E-state index in [1.54, 1.807) is 19.1 Å². The second kappa shape index (κ2) is 7.94. The van der Waals surface area contributed by atoms with Gasteiger partial charge in [0.2, 0.25) is 0 Å². The van der Waals surface area contributed by atoms with Crippen molar-refractivity contribution in [3.63, 3.8) is 0 Å². The number of carbonyl (C=O) groups excluding carboxylic acids is 1. The summed E-state index contributed by atoms with van der Waals surface area (Å²) in [6.07, 6.45) is 1.75. The normalized spacial score (nSPS) is 16.1. The number of nitrogens with one attached hydrogen (secondary N) is 1. The molecule has 1 fully saturated rings. The minimum Gasteiger partial charge on any atom is -0.493 e. The number of carbonyl (C=O) groups is 1. The van der Waals surface area contributed by atoms with Crippen LogP contribution in [0.15, 0.2) is 42.5 Å². The van der Waals surface area contributed by atoms with E-state index in [-0.39, 0.29) is 17.8 Å². The Labute approximate surface area is 156 Å². The van der Waals surface area contributed by atoms with Crippen LogP contribution in [0.5, 0.6) is 11.5 Å². The average molecular weight is 371 g/mol. The van der Waals surface area contributed by atoms with Crippen LogP contribution >= 0.6 is 0 Å². The number of anilines is 1. The first kappa shape index (κ1) is 18.5. The number of methoxy groups -OCH3 is 2. The van der Waals surface area contributed by atoms with Crippen molar-refractivity contribution >= 4 is 17.4 Å². The molecular formula is C19H21N3O5. The number of hydrogen-bond donors (Lipinski definition) is 1. The Hall–Kier alpha value is -3.29. The Kier molecular flexibility index (Phi) is 5.44. The Morgan fingerprint density at radius 1 is 1.15 bits per heavy atom. The second-order valence-electron chi connectivity index (χ2n) is 6.20. The van der Waals surface area contributed by atoms with Gasteiger partial charge in [0.1, 0.15) is 0 Å². The van der Waals surface area contributed by atoms with Crippen molar-refractivity contribution in [1.82, 2.24) is 4.90 Å². The molecule has 1 saturated heterocycles. The third-order valence-electron chi connectivity index (χ3n) is 4.64. The number of benzene rings is 2. The van der Waals surface area contributed by atoms with Gasteiger partial charge in [-0.1, -0.05) is 6.07 Å². The first-order valence-corrected chi connectivity index (χ1v) is 8.57. The molecule has 0 aliphatic carbocycles. The molecule has 1 aliphatic rings. The van der Waals surface area contributed by atoms with Gasteiger partial charge in [0.25, 0.3) is 5.69 Å². The van der Waals surface area contributed by atoms with Crippen molar-refractivity contribution in [2.24, 2.45) is 0 Å². The van der Waals surface area contributed by atoms with Gasteiger partial charge in [-0.3, -0.25) is 10.1 Å². The van der Waals surface area contributed by atoms with Crippen molar-refractivity contribution in [2.75, 3.05) is 26.1 Å². The van der Waals surface area contributed by atoms with E-state index in [0.29, 0.717) is 23.7 Å². The largest absolute Gasteiger partial charge is 0.493 e. The summed E-state index contributed by atoms with van der Waals surface area (Å²) in [5, 5.41) is 13.5. The van der Waals surface area contributed by atoms with Crippen molar-refractivity contribution in [3.8, 4) is 11.5 Å². The predicted octanol–water partition coefficient (Wildman–Crippen LogP) is 3.98. The third kappa shape index (κ3) is 3.94. The molecule has 0 aromatic heterocycles. The molecule has 0 radical (unpaired) electrons. The van der Waals surface area contributed by atoms with Crippen LogP contribution in [0, 0.1) is 10.1 Å². The zero-order chi connectivity index (χ0) is 19.4. The maximum Gasteiger partial charge on any atom is 0.322 e. The van der Waals surface area contributed by atoms with Crippen molar-refractivity contribution < 1.29 is 19.2 Å². The molecule has 2 aromatic carbocycles. The molecule has 142 valence electrons. The molecule has 1 unspecified atom stereocenters. The number of nitrogens with zero attached hydrogens (tertiary/aromatic N) is 2. The fourth-order valence-electron chi connectivity index (χ4n) is 3.28. The lowest BCUT2D eigenvalue weighted by molar-refractivity contribution is -0.384. The minimum atomic E-state index is -0.473. The maximum atomic E-state index is 12.7. The van der Waals surface area contributed by atoms with E-state index in [9.17, 15) is 14.9 Å². The number of rotatable bonds is 5. The number of urea groups is 1. The highest BCUT2D eigenvalue weighted by Crippen LogP contribution is 2.37. The van der Waals surface area contributed by atoms with Crippen LogP contribution in [-0.2, 0) is 0 Å². The molecule has 1 N–H and O–H groups in total. The first-order chi connectivity index (χ1) is 13.0. The van der Waals surface area contributed by atoms with Gasteiger partial charge in [-0.2, -0.15) is 0 Å². The Bertz CT molecular complexity index is 838. The molecule has 1 heterocycles. The number of nitro groups is 1. The zero-order valence-corrected chi connectivity index (χ0v) is 15.2. The quantitative estimate of drug-likeness (QED) is 0.634. The number of ether oxygens (including phenoxy) is 2. The molecule has 0 saturated carbocycles. The standard InChI is InChI=1S/C19H21N3O5/c1-26-17-10-5-13(12-18(17)27-2)16-4-3-11-21(16)19(23)20-14-6-8-15(9-7-14)22(24)25/h5-10,12,16H,3-4,11H2,1-2H3,(H,20,23). The molecule has 27 heavy (non-hydrogen) atoms. The monoisotopic (exact) mass is 371 g/mol. The minimum absolute atomic E-state index is 0.0163. The van der Waals surface area contributed by atoms with Crippen molar-refractivity contribution in [1.29, 1.82) is 0 Å². The fraction of sp³-hybridized carbons (Fsp3) is 0.316. The highest BCUT2D eigenvalue weighted by Gasteiger charge is 2.30. The summed E-state index contributed by atoms with van der Waals surface area (Å²) in [7, 11) is 3.16. The summed E-state index contributed by atoms with van der Waals surface area (Å²) in [4.78, 5) is 24.7. The average Bonchev–Trinajstić information content (AvgIpc) is 3.17. The summed E-state index contributed by atoms with van der Waals surface area (Å²) < 4.78 is 10.6. The van der Waals surface area contributed by atoms with Crippen LogP contribution in [0.4, 0.5) is 16.2 Å². The molecule has 1 atom stereocenters.